The Bertz CT molecular complexity index is 563. The Labute approximate surface area is 119 Å². The van der Waals surface area contributed by atoms with Gasteiger partial charge in [-0.15, -0.1) is 0 Å². The zero-order valence-corrected chi connectivity index (χ0v) is 12.3. The number of fused-ring (bicyclic) bond motifs is 1. The average molecular weight is 274 g/mol. The molecule has 0 bridgehead atoms. The van der Waals surface area contributed by atoms with Crippen LogP contribution >= 0.6 is 0 Å². The lowest BCUT2D eigenvalue weighted by Gasteiger charge is -2.18. The van der Waals surface area contributed by atoms with E-state index in [4.69, 9.17) is 10.2 Å². The number of carbonyl (C=O) groups is 1. The smallest absolute Gasteiger partial charge is 0.220 e. The van der Waals surface area contributed by atoms with Gasteiger partial charge < -0.3 is 15.5 Å². The fraction of sp³-hybridized carbons (Fsp3) is 0.438. The zero-order chi connectivity index (χ0) is 14.8. The van der Waals surface area contributed by atoms with Crippen molar-refractivity contribution in [1.29, 1.82) is 0 Å². The van der Waals surface area contributed by atoms with Crippen LogP contribution in [0.25, 0.3) is 11.0 Å². The summed E-state index contributed by atoms with van der Waals surface area (Å²) in [6.45, 7) is 5.76. The van der Waals surface area contributed by atoms with Crippen LogP contribution in [-0.4, -0.2) is 11.4 Å². The summed E-state index contributed by atoms with van der Waals surface area (Å²) >= 11 is 0. The first kappa shape index (κ1) is 14.6. The van der Waals surface area contributed by atoms with Crippen LogP contribution in [0.4, 0.5) is 0 Å². The number of carbonyl (C=O) groups excluding carboxylic acids is 1. The van der Waals surface area contributed by atoms with E-state index in [1.54, 1.807) is 0 Å². The molecule has 1 aromatic carbocycles. The topological polar surface area (TPSA) is 68.3 Å². The molecule has 3 N–H and O–H groups in total. The lowest BCUT2D eigenvalue weighted by molar-refractivity contribution is -0.122. The third kappa shape index (κ3) is 3.84. The lowest BCUT2D eigenvalue weighted by Crippen LogP contribution is -2.35. The van der Waals surface area contributed by atoms with Crippen LogP contribution in [0.5, 0.6) is 0 Å². The molecule has 4 nitrogen and oxygen atoms in total. The van der Waals surface area contributed by atoms with Crippen LogP contribution in [-0.2, 0) is 4.79 Å². The Balaban J connectivity index is 1.97. The summed E-state index contributed by atoms with van der Waals surface area (Å²) < 4.78 is 5.74. The third-order valence-electron chi connectivity index (χ3n) is 3.25. The summed E-state index contributed by atoms with van der Waals surface area (Å²) in [5.74, 6) is 0.767. The largest absolute Gasteiger partial charge is 0.459 e. The molecule has 2 rings (SSSR count). The molecular weight excluding hydrogens is 252 g/mol. The molecule has 108 valence electrons. The fourth-order valence-electron chi connectivity index (χ4n) is 2.04. The Hall–Kier alpha value is -1.81. The molecule has 0 aliphatic carbocycles. The van der Waals surface area contributed by atoms with Gasteiger partial charge in [-0.25, -0.2) is 0 Å². The Morgan fingerprint density at radius 1 is 1.40 bits per heavy atom. The summed E-state index contributed by atoms with van der Waals surface area (Å²) in [4.78, 5) is 11.9. The minimum atomic E-state index is -0.320. The van der Waals surface area contributed by atoms with E-state index in [1.165, 1.54) is 0 Å². The van der Waals surface area contributed by atoms with Crippen molar-refractivity contribution in [3.63, 3.8) is 0 Å². The molecule has 0 aliphatic rings. The highest BCUT2D eigenvalue weighted by molar-refractivity contribution is 5.79. The van der Waals surface area contributed by atoms with Crippen LogP contribution in [0.15, 0.2) is 34.7 Å². The summed E-state index contributed by atoms with van der Waals surface area (Å²) in [6.07, 6.45) is 1.08. The number of amides is 1. The van der Waals surface area contributed by atoms with Gasteiger partial charge in [-0.2, -0.15) is 0 Å². The number of furan rings is 1. The van der Waals surface area contributed by atoms with E-state index < -0.39 is 0 Å². The van der Waals surface area contributed by atoms with Gasteiger partial charge in [0.25, 0.3) is 0 Å². The van der Waals surface area contributed by atoms with Gasteiger partial charge >= 0.3 is 0 Å². The van der Waals surface area contributed by atoms with Gasteiger partial charge in [-0.3, -0.25) is 4.79 Å². The van der Waals surface area contributed by atoms with Gasteiger partial charge in [0.1, 0.15) is 11.3 Å². The Morgan fingerprint density at radius 2 is 2.10 bits per heavy atom. The number of nitrogens with one attached hydrogen (secondary N) is 1. The second kappa shape index (κ2) is 5.67. The predicted molar refractivity (Wildman–Crippen MR) is 80.3 cm³/mol. The van der Waals surface area contributed by atoms with E-state index in [2.05, 4.69) is 5.32 Å². The van der Waals surface area contributed by atoms with Crippen LogP contribution in [0, 0.1) is 0 Å². The van der Waals surface area contributed by atoms with Crippen molar-refractivity contribution in [2.24, 2.45) is 5.73 Å². The maximum absolute atomic E-state index is 11.9. The molecule has 0 spiro atoms. The predicted octanol–water partition coefficient (Wildman–Crippen LogP) is 3.13. The van der Waals surface area contributed by atoms with Crippen molar-refractivity contribution >= 4 is 16.9 Å². The maximum Gasteiger partial charge on any atom is 0.220 e. The van der Waals surface area contributed by atoms with E-state index in [-0.39, 0.29) is 17.5 Å². The molecule has 2 aromatic rings. The first-order valence-electron chi connectivity index (χ1n) is 6.92. The quantitative estimate of drug-likeness (QED) is 0.880. The van der Waals surface area contributed by atoms with Crippen molar-refractivity contribution in [1.82, 2.24) is 5.32 Å². The number of hydrogen-bond donors (Lipinski definition) is 2. The monoisotopic (exact) mass is 274 g/mol. The highest BCUT2D eigenvalue weighted by Gasteiger charge is 2.17. The minimum Gasteiger partial charge on any atom is -0.459 e. The summed E-state index contributed by atoms with van der Waals surface area (Å²) in [6, 6.07) is 9.64. The molecule has 1 aromatic heterocycles. The summed E-state index contributed by atoms with van der Waals surface area (Å²) in [7, 11) is 0. The molecule has 4 heteroatoms. The van der Waals surface area contributed by atoms with Crippen molar-refractivity contribution in [2.75, 3.05) is 0 Å². The normalized spacial score (nSPS) is 13.4. The molecule has 20 heavy (non-hydrogen) atoms. The second-order valence-corrected chi connectivity index (χ2v) is 5.96. The summed E-state index contributed by atoms with van der Waals surface area (Å²) in [5.41, 5.74) is 6.40. The standard InChI is InChI=1S/C16H22N2O2/c1-11(18-15(19)8-9-16(2,3)17)14-10-12-6-4-5-7-13(12)20-14/h4-7,10-11H,8-9,17H2,1-3H3,(H,18,19). The minimum absolute atomic E-state index is 0.00326. The van der Waals surface area contributed by atoms with Crippen LogP contribution in [0.3, 0.4) is 0 Å². The van der Waals surface area contributed by atoms with Crippen molar-refractivity contribution < 1.29 is 9.21 Å². The van der Waals surface area contributed by atoms with Crippen molar-refractivity contribution in [2.45, 2.75) is 45.2 Å². The first-order chi connectivity index (χ1) is 9.35. The maximum atomic E-state index is 11.9. The molecule has 0 fully saturated rings. The van der Waals surface area contributed by atoms with E-state index in [1.807, 2.05) is 51.1 Å². The van der Waals surface area contributed by atoms with Gasteiger partial charge in [-0.05, 0) is 39.3 Å². The average Bonchev–Trinajstić information content (AvgIpc) is 2.79. The van der Waals surface area contributed by atoms with Crippen LogP contribution in [0.1, 0.15) is 45.4 Å². The molecule has 0 saturated carbocycles. The number of para-hydroxylation sites is 1. The van der Waals surface area contributed by atoms with Crippen LogP contribution in [0.2, 0.25) is 0 Å². The highest BCUT2D eigenvalue weighted by atomic mass is 16.3. The second-order valence-electron chi connectivity index (χ2n) is 5.96. The van der Waals surface area contributed by atoms with Crippen LogP contribution < -0.4 is 11.1 Å². The van der Waals surface area contributed by atoms with Crippen molar-refractivity contribution in [3.05, 3.63) is 36.1 Å². The lowest BCUT2D eigenvalue weighted by atomic mass is 10.00. The number of hydrogen-bond acceptors (Lipinski definition) is 3. The van der Waals surface area contributed by atoms with Gasteiger partial charge in [0.05, 0.1) is 6.04 Å². The van der Waals surface area contributed by atoms with E-state index >= 15 is 0 Å². The Morgan fingerprint density at radius 3 is 2.75 bits per heavy atom. The molecule has 1 unspecified atom stereocenters. The molecule has 0 saturated heterocycles. The Kier molecular flexibility index (Phi) is 4.14. The van der Waals surface area contributed by atoms with Gasteiger partial charge in [-0.1, -0.05) is 18.2 Å². The molecular formula is C16H22N2O2. The number of benzene rings is 1. The van der Waals surface area contributed by atoms with E-state index in [0.29, 0.717) is 12.8 Å². The SMILES string of the molecule is CC(NC(=O)CCC(C)(C)N)c1cc2ccccc2o1. The molecule has 0 aliphatic heterocycles. The van der Waals surface area contributed by atoms with Gasteiger partial charge in [0.15, 0.2) is 0 Å². The molecule has 0 radical (unpaired) electrons. The van der Waals surface area contributed by atoms with Gasteiger partial charge in [0, 0.05) is 17.3 Å². The van der Waals surface area contributed by atoms with Crippen molar-refractivity contribution in [3.8, 4) is 0 Å². The fourth-order valence-corrected chi connectivity index (χ4v) is 2.04. The zero-order valence-electron chi connectivity index (χ0n) is 12.3. The summed E-state index contributed by atoms with van der Waals surface area (Å²) in [5, 5.41) is 3.99. The number of nitrogens with two attached hydrogens (primary N) is 1. The third-order valence-corrected chi connectivity index (χ3v) is 3.25. The van der Waals surface area contributed by atoms with Gasteiger partial charge in [0.2, 0.25) is 5.91 Å². The molecule has 1 atom stereocenters. The molecule has 1 amide bonds. The van der Waals surface area contributed by atoms with E-state index in [9.17, 15) is 4.79 Å². The molecule has 1 heterocycles. The first-order valence-corrected chi connectivity index (χ1v) is 6.92. The highest BCUT2D eigenvalue weighted by Crippen LogP contribution is 2.23. The van der Waals surface area contributed by atoms with E-state index in [0.717, 1.165) is 16.7 Å². The number of rotatable bonds is 5.